The van der Waals surface area contributed by atoms with Crippen molar-refractivity contribution in [2.24, 2.45) is 0 Å². The van der Waals surface area contributed by atoms with E-state index < -0.39 is 0 Å². The topological polar surface area (TPSA) is 15.3 Å². The lowest BCUT2D eigenvalue weighted by Gasteiger charge is -2.36. The second-order valence-electron chi connectivity index (χ2n) is 5.84. The van der Waals surface area contributed by atoms with Crippen molar-refractivity contribution in [3.8, 4) is 0 Å². The Hall–Kier alpha value is -1.64. The normalized spacial score (nSPS) is 19.6. The van der Waals surface area contributed by atoms with Gasteiger partial charge in [0.1, 0.15) is 0 Å². The first kappa shape index (κ1) is 14.3. The summed E-state index contributed by atoms with van der Waals surface area (Å²) in [5.74, 6) is 0. The van der Waals surface area contributed by atoms with Crippen LogP contribution in [-0.2, 0) is 6.42 Å². The predicted molar refractivity (Wildman–Crippen MR) is 88.5 cm³/mol. The molecule has 3 rings (SSSR count). The van der Waals surface area contributed by atoms with Crippen molar-refractivity contribution in [1.82, 2.24) is 10.2 Å². The Labute approximate surface area is 127 Å². The highest BCUT2D eigenvalue weighted by Crippen LogP contribution is 2.22. The molecule has 0 amide bonds. The third-order valence-electron chi connectivity index (χ3n) is 4.47. The fraction of sp³-hybridized carbons (Fsp3) is 0.368. The van der Waals surface area contributed by atoms with Crippen molar-refractivity contribution >= 4 is 0 Å². The van der Waals surface area contributed by atoms with E-state index in [4.69, 9.17) is 0 Å². The number of nitrogens with zero attached hydrogens (tertiary/aromatic N) is 1. The third kappa shape index (κ3) is 3.52. The first-order valence-electron chi connectivity index (χ1n) is 7.89. The summed E-state index contributed by atoms with van der Waals surface area (Å²) in [5, 5.41) is 3.53. The molecule has 2 aromatic carbocycles. The van der Waals surface area contributed by atoms with Crippen LogP contribution in [0.5, 0.6) is 0 Å². The Morgan fingerprint density at radius 1 is 1.05 bits per heavy atom. The zero-order valence-corrected chi connectivity index (χ0v) is 12.8. The van der Waals surface area contributed by atoms with Gasteiger partial charge in [-0.2, -0.15) is 0 Å². The summed E-state index contributed by atoms with van der Waals surface area (Å²) in [6.07, 6.45) is 1.13. The molecular formula is C19H24N2. The van der Waals surface area contributed by atoms with Crippen molar-refractivity contribution in [2.45, 2.75) is 19.4 Å². The molecule has 0 radical (unpaired) electrons. The lowest BCUT2D eigenvalue weighted by Crippen LogP contribution is -2.46. The molecule has 2 aromatic rings. The van der Waals surface area contributed by atoms with E-state index in [9.17, 15) is 0 Å². The van der Waals surface area contributed by atoms with E-state index in [1.54, 1.807) is 0 Å². The first-order valence-corrected chi connectivity index (χ1v) is 7.89. The van der Waals surface area contributed by atoms with E-state index in [2.05, 4.69) is 71.7 Å². The SMILES string of the molecule is Cc1ccccc1CCN1CCNCC1c1ccccc1. The van der Waals surface area contributed by atoms with Crippen LogP contribution >= 0.6 is 0 Å². The average Bonchev–Trinajstić information content (AvgIpc) is 2.55. The molecule has 1 fully saturated rings. The predicted octanol–water partition coefficient (Wildman–Crippen LogP) is 3.18. The standard InChI is InChI=1S/C19H24N2/c1-16-7-5-6-8-17(16)11-13-21-14-12-20-15-19(21)18-9-3-2-4-10-18/h2-10,19-20H,11-15H2,1H3. The summed E-state index contributed by atoms with van der Waals surface area (Å²) >= 11 is 0. The van der Waals surface area contributed by atoms with E-state index in [0.717, 1.165) is 32.6 Å². The van der Waals surface area contributed by atoms with Crippen LogP contribution in [0.15, 0.2) is 54.6 Å². The van der Waals surface area contributed by atoms with Gasteiger partial charge in [-0.3, -0.25) is 4.90 Å². The lowest BCUT2D eigenvalue weighted by atomic mass is 10.0. The molecule has 110 valence electrons. The maximum absolute atomic E-state index is 3.53. The molecule has 2 nitrogen and oxygen atoms in total. The van der Waals surface area contributed by atoms with Crippen LogP contribution in [0.25, 0.3) is 0 Å². The van der Waals surface area contributed by atoms with E-state index >= 15 is 0 Å². The third-order valence-corrected chi connectivity index (χ3v) is 4.47. The van der Waals surface area contributed by atoms with Gasteiger partial charge in [0.15, 0.2) is 0 Å². The maximum Gasteiger partial charge on any atom is 0.0473 e. The number of hydrogen-bond donors (Lipinski definition) is 1. The van der Waals surface area contributed by atoms with Gasteiger partial charge < -0.3 is 5.32 Å². The van der Waals surface area contributed by atoms with E-state index in [1.807, 2.05) is 0 Å². The van der Waals surface area contributed by atoms with Gasteiger partial charge >= 0.3 is 0 Å². The zero-order valence-electron chi connectivity index (χ0n) is 12.8. The van der Waals surface area contributed by atoms with Crippen LogP contribution in [0.3, 0.4) is 0 Å². The van der Waals surface area contributed by atoms with E-state index in [0.29, 0.717) is 6.04 Å². The molecule has 1 unspecified atom stereocenters. The highest BCUT2D eigenvalue weighted by Gasteiger charge is 2.23. The molecule has 1 aliphatic heterocycles. The Morgan fingerprint density at radius 2 is 1.81 bits per heavy atom. The molecule has 1 aliphatic rings. The molecular weight excluding hydrogens is 256 g/mol. The summed E-state index contributed by atoms with van der Waals surface area (Å²) in [7, 11) is 0. The Balaban J connectivity index is 1.69. The lowest BCUT2D eigenvalue weighted by molar-refractivity contribution is 0.164. The number of rotatable bonds is 4. The summed E-state index contributed by atoms with van der Waals surface area (Å²) in [6.45, 7) is 6.62. The smallest absolute Gasteiger partial charge is 0.0473 e. The Bertz CT molecular complexity index is 565. The number of piperazine rings is 1. The Kier molecular flexibility index (Phi) is 4.69. The highest BCUT2D eigenvalue weighted by molar-refractivity contribution is 5.26. The molecule has 1 saturated heterocycles. The fourth-order valence-corrected chi connectivity index (χ4v) is 3.17. The van der Waals surface area contributed by atoms with Gasteiger partial charge in [0.2, 0.25) is 0 Å². The maximum atomic E-state index is 3.53. The molecule has 1 heterocycles. The van der Waals surface area contributed by atoms with Crippen molar-refractivity contribution in [1.29, 1.82) is 0 Å². The van der Waals surface area contributed by atoms with Crippen LogP contribution in [0, 0.1) is 6.92 Å². The van der Waals surface area contributed by atoms with Gasteiger partial charge in [0, 0.05) is 32.2 Å². The summed E-state index contributed by atoms with van der Waals surface area (Å²) in [5.41, 5.74) is 4.31. The second-order valence-corrected chi connectivity index (χ2v) is 5.84. The molecule has 0 bridgehead atoms. The largest absolute Gasteiger partial charge is 0.314 e. The monoisotopic (exact) mass is 280 g/mol. The average molecular weight is 280 g/mol. The Morgan fingerprint density at radius 3 is 2.62 bits per heavy atom. The molecule has 21 heavy (non-hydrogen) atoms. The second kappa shape index (κ2) is 6.88. The summed E-state index contributed by atoms with van der Waals surface area (Å²) in [4.78, 5) is 2.62. The number of benzene rings is 2. The number of nitrogens with one attached hydrogen (secondary N) is 1. The van der Waals surface area contributed by atoms with Crippen LogP contribution in [0.2, 0.25) is 0 Å². The zero-order chi connectivity index (χ0) is 14.5. The van der Waals surface area contributed by atoms with Crippen molar-refractivity contribution in [2.75, 3.05) is 26.2 Å². The molecule has 0 aliphatic carbocycles. The van der Waals surface area contributed by atoms with Gasteiger partial charge in [-0.15, -0.1) is 0 Å². The fourth-order valence-electron chi connectivity index (χ4n) is 3.17. The highest BCUT2D eigenvalue weighted by atomic mass is 15.2. The molecule has 0 spiro atoms. The summed E-state index contributed by atoms with van der Waals surface area (Å²) in [6, 6.07) is 20.1. The molecule has 0 aromatic heterocycles. The van der Waals surface area contributed by atoms with E-state index in [1.165, 1.54) is 16.7 Å². The van der Waals surface area contributed by atoms with Gasteiger partial charge in [0.05, 0.1) is 0 Å². The van der Waals surface area contributed by atoms with Gasteiger partial charge in [-0.1, -0.05) is 54.6 Å². The molecule has 1 atom stereocenters. The minimum atomic E-state index is 0.504. The van der Waals surface area contributed by atoms with Crippen molar-refractivity contribution < 1.29 is 0 Å². The molecule has 2 heteroatoms. The van der Waals surface area contributed by atoms with Crippen LogP contribution in [0.4, 0.5) is 0 Å². The van der Waals surface area contributed by atoms with Crippen LogP contribution < -0.4 is 5.32 Å². The minimum Gasteiger partial charge on any atom is -0.314 e. The first-order chi connectivity index (χ1) is 10.3. The molecule has 1 N–H and O–H groups in total. The number of hydrogen-bond acceptors (Lipinski definition) is 2. The number of aryl methyl sites for hydroxylation is 1. The van der Waals surface area contributed by atoms with Gasteiger partial charge in [-0.25, -0.2) is 0 Å². The van der Waals surface area contributed by atoms with E-state index in [-0.39, 0.29) is 0 Å². The van der Waals surface area contributed by atoms with Gasteiger partial charge in [0.25, 0.3) is 0 Å². The van der Waals surface area contributed by atoms with Crippen LogP contribution in [-0.4, -0.2) is 31.1 Å². The van der Waals surface area contributed by atoms with Crippen molar-refractivity contribution in [3.05, 3.63) is 71.3 Å². The quantitative estimate of drug-likeness (QED) is 0.925. The van der Waals surface area contributed by atoms with Crippen molar-refractivity contribution in [3.63, 3.8) is 0 Å². The summed E-state index contributed by atoms with van der Waals surface area (Å²) < 4.78 is 0. The molecule has 0 saturated carbocycles. The minimum absolute atomic E-state index is 0.504. The van der Waals surface area contributed by atoms with Crippen LogP contribution in [0.1, 0.15) is 22.7 Å². The van der Waals surface area contributed by atoms with Gasteiger partial charge in [-0.05, 0) is 30.0 Å².